The minimum Gasteiger partial charge on any atom is -0.261 e. The third kappa shape index (κ3) is 1.48. The Morgan fingerprint density at radius 2 is 2.23 bits per heavy atom. The molecule has 0 spiro atoms. The molecule has 1 aromatic heterocycles. The summed E-state index contributed by atoms with van der Waals surface area (Å²) in [5.74, 6) is -0.234. The van der Waals surface area contributed by atoms with E-state index in [1.54, 1.807) is 17.8 Å². The minimum absolute atomic E-state index is 0.234. The Labute approximate surface area is 96.4 Å². The number of rotatable bonds is 0. The number of aromatic nitrogens is 2. The van der Waals surface area contributed by atoms with E-state index in [0.717, 1.165) is 3.70 Å². The van der Waals surface area contributed by atoms with Gasteiger partial charge in [0.1, 0.15) is 9.52 Å². The van der Waals surface area contributed by atoms with Crippen molar-refractivity contribution in [2.45, 2.75) is 0 Å². The van der Waals surface area contributed by atoms with Crippen molar-refractivity contribution in [3.05, 3.63) is 26.1 Å². The van der Waals surface area contributed by atoms with Crippen LogP contribution in [0, 0.1) is 9.52 Å². The van der Waals surface area contributed by atoms with E-state index in [4.69, 9.17) is 0 Å². The van der Waals surface area contributed by atoms with Gasteiger partial charge in [-0.25, -0.2) is 4.39 Å². The average molecular weight is 355 g/mol. The molecule has 2 rings (SSSR count). The molecular weight excluding hydrogens is 350 g/mol. The van der Waals surface area contributed by atoms with Crippen LogP contribution in [0.1, 0.15) is 0 Å². The van der Waals surface area contributed by atoms with Crippen molar-refractivity contribution in [1.29, 1.82) is 0 Å². The lowest BCUT2D eigenvalue weighted by atomic mass is 10.2. The van der Waals surface area contributed by atoms with Gasteiger partial charge in [0.25, 0.3) is 0 Å². The van der Waals surface area contributed by atoms with Gasteiger partial charge in [0.2, 0.25) is 0 Å². The van der Waals surface area contributed by atoms with Crippen LogP contribution in [-0.4, -0.2) is 9.78 Å². The van der Waals surface area contributed by atoms with E-state index < -0.39 is 0 Å². The molecule has 0 aliphatic heterocycles. The molecular formula is C8H5BrFIN2. The molecule has 0 radical (unpaired) electrons. The van der Waals surface area contributed by atoms with Crippen molar-refractivity contribution in [3.63, 3.8) is 0 Å². The van der Waals surface area contributed by atoms with Crippen molar-refractivity contribution in [1.82, 2.24) is 9.78 Å². The quantitative estimate of drug-likeness (QED) is 0.665. The zero-order valence-electron chi connectivity index (χ0n) is 6.68. The highest BCUT2D eigenvalue weighted by atomic mass is 127. The van der Waals surface area contributed by atoms with E-state index in [1.807, 2.05) is 0 Å². The smallest absolute Gasteiger partial charge is 0.136 e. The summed E-state index contributed by atoms with van der Waals surface area (Å²) in [4.78, 5) is 0. The van der Waals surface area contributed by atoms with Gasteiger partial charge < -0.3 is 0 Å². The number of fused-ring (bicyclic) bond motifs is 1. The van der Waals surface area contributed by atoms with Crippen LogP contribution in [-0.2, 0) is 7.05 Å². The Kier molecular flexibility index (Phi) is 2.31. The van der Waals surface area contributed by atoms with Crippen LogP contribution >= 0.6 is 38.5 Å². The number of halogens is 3. The summed E-state index contributed by atoms with van der Waals surface area (Å²) in [5.41, 5.74) is 0.679. The Bertz CT molecular complexity index is 480. The SMILES string of the molecule is Cn1nc2cc(Br)cc(F)c2c1I. The largest absolute Gasteiger partial charge is 0.261 e. The van der Waals surface area contributed by atoms with E-state index in [1.165, 1.54) is 6.07 Å². The molecule has 0 aliphatic rings. The summed E-state index contributed by atoms with van der Waals surface area (Å²) in [6, 6.07) is 3.26. The summed E-state index contributed by atoms with van der Waals surface area (Å²) in [6.07, 6.45) is 0. The molecule has 0 amide bonds. The molecule has 2 aromatic rings. The molecule has 0 atom stereocenters. The summed E-state index contributed by atoms with van der Waals surface area (Å²) in [7, 11) is 1.80. The lowest BCUT2D eigenvalue weighted by molar-refractivity contribution is 0.638. The zero-order chi connectivity index (χ0) is 9.59. The average Bonchev–Trinajstić information content (AvgIpc) is 2.27. The number of benzene rings is 1. The Balaban J connectivity index is 2.94. The number of hydrogen-bond acceptors (Lipinski definition) is 1. The zero-order valence-corrected chi connectivity index (χ0v) is 10.4. The van der Waals surface area contributed by atoms with Crippen molar-refractivity contribution in [2.75, 3.05) is 0 Å². The molecule has 0 N–H and O–H groups in total. The van der Waals surface area contributed by atoms with Crippen LogP contribution in [0.25, 0.3) is 10.9 Å². The van der Waals surface area contributed by atoms with Gasteiger partial charge in [-0.15, -0.1) is 0 Å². The van der Waals surface area contributed by atoms with Gasteiger partial charge in [0.15, 0.2) is 0 Å². The van der Waals surface area contributed by atoms with E-state index in [9.17, 15) is 4.39 Å². The molecule has 0 unspecified atom stereocenters. The van der Waals surface area contributed by atoms with Crippen LogP contribution < -0.4 is 0 Å². The maximum atomic E-state index is 13.4. The summed E-state index contributed by atoms with van der Waals surface area (Å²) < 4.78 is 16.6. The molecule has 5 heteroatoms. The predicted octanol–water partition coefficient (Wildman–Crippen LogP) is 3.08. The normalized spacial score (nSPS) is 11.1. The monoisotopic (exact) mass is 354 g/mol. The predicted molar refractivity (Wildman–Crippen MR) is 61.1 cm³/mol. The molecule has 0 aliphatic carbocycles. The van der Waals surface area contributed by atoms with Gasteiger partial charge in [-0.2, -0.15) is 5.10 Å². The van der Waals surface area contributed by atoms with Gasteiger partial charge in [0.05, 0.1) is 10.9 Å². The van der Waals surface area contributed by atoms with Crippen molar-refractivity contribution in [2.24, 2.45) is 7.05 Å². The van der Waals surface area contributed by atoms with Gasteiger partial charge in [-0.1, -0.05) is 15.9 Å². The maximum absolute atomic E-state index is 13.4. The van der Waals surface area contributed by atoms with Crippen LogP contribution in [0.5, 0.6) is 0 Å². The standard InChI is InChI=1S/C8H5BrFIN2/c1-13-8(11)7-5(10)2-4(9)3-6(7)12-13/h2-3H,1H3. The van der Waals surface area contributed by atoms with Crippen molar-refractivity contribution >= 4 is 49.4 Å². The molecule has 68 valence electrons. The second-order valence-electron chi connectivity index (χ2n) is 2.70. The highest BCUT2D eigenvalue weighted by molar-refractivity contribution is 14.1. The lowest BCUT2D eigenvalue weighted by Gasteiger charge is -1.93. The molecule has 2 nitrogen and oxygen atoms in total. The first-order valence-electron chi connectivity index (χ1n) is 3.57. The number of hydrogen-bond donors (Lipinski definition) is 0. The van der Waals surface area contributed by atoms with E-state index in [2.05, 4.69) is 43.6 Å². The van der Waals surface area contributed by atoms with Crippen LogP contribution in [0.15, 0.2) is 16.6 Å². The van der Waals surface area contributed by atoms with E-state index in [0.29, 0.717) is 15.4 Å². The second kappa shape index (κ2) is 3.20. The van der Waals surface area contributed by atoms with Gasteiger partial charge in [-0.05, 0) is 34.7 Å². The fraction of sp³-hybridized carbons (Fsp3) is 0.125. The molecule has 0 saturated heterocycles. The Morgan fingerprint density at radius 1 is 1.54 bits per heavy atom. The maximum Gasteiger partial charge on any atom is 0.136 e. The molecule has 13 heavy (non-hydrogen) atoms. The minimum atomic E-state index is -0.234. The van der Waals surface area contributed by atoms with Crippen molar-refractivity contribution < 1.29 is 4.39 Å². The molecule has 0 fully saturated rings. The lowest BCUT2D eigenvalue weighted by Crippen LogP contribution is -1.91. The van der Waals surface area contributed by atoms with Gasteiger partial charge in [0, 0.05) is 11.5 Å². The Hall–Kier alpha value is -0.170. The fourth-order valence-corrected chi connectivity index (χ4v) is 2.27. The van der Waals surface area contributed by atoms with Crippen LogP contribution in [0.4, 0.5) is 4.39 Å². The number of nitrogens with zero attached hydrogens (tertiary/aromatic N) is 2. The third-order valence-corrected chi connectivity index (χ3v) is 3.48. The van der Waals surface area contributed by atoms with Gasteiger partial charge in [-0.3, -0.25) is 4.68 Å². The van der Waals surface area contributed by atoms with Crippen LogP contribution in [0.2, 0.25) is 0 Å². The first-order chi connectivity index (χ1) is 6.09. The summed E-state index contributed by atoms with van der Waals surface area (Å²) in [5, 5.41) is 4.76. The first-order valence-corrected chi connectivity index (χ1v) is 5.44. The van der Waals surface area contributed by atoms with Crippen LogP contribution in [0.3, 0.4) is 0 Å². The molecule has 0 bridgehead atoms. The third-order valence-electron chi connectivity index (χ3n) is 1.78. The fourth-order valence-electron chi connectivity index (χ4n) is 1.21. The second-order valence-corrected chi connectivity index (χ2v) is 4.63. The number of aryl methyl sites for hydroxylation is 1. The highest BCUT2D eigenvalue weighted by Crippen LogP contribution is 2.26. The first kappa shape index (κ1) is 9.39. The van der Waals surface area contributed by atoms with Gasteiger partial charge >= 0.3 is 0 Å². The summed E-state index contributed by atoms with van der Waals surface area (Å²) >= 11 is 5.31. The molecule has 1 aromatic carbocycles. The highest BCUT2D eigenvalue weighted by Gasteiger charge is 2.11. The molecule has 1 heterocycles. The molecule has 0 saturated carbocycles. The van der Waals surface area contributed by atoms with Crippen molar-refractivity contribution in [3.8, 4) is 0 Å². The topological polar surface area (TPSA) is 17.8 Å². The van der Waals surface area contributed by atoms with E-state index in [-0.39, 0.29) is 5.82 Å². The summed E-state index contributed by atoms with van der Waals surface area (Å²) in [6.45, 7) is 0. The Morgan fingerprint density at radius 3 is 2.92 bits per heavy atom. The van der Waals surface area contributed by atoms with E-state index >= 15 is 0 Å².